The van der Waals surface area contributed by atoms with Crippen molar-refractivity contribution < 1.29 is 18.4 Å². The molecular weight excluding hydrogens is 327 g/mol. The number of benzene rings is 2. The Bertz CT molecular complexity index is 973. The molecular formula is C18H15FN2O4. The number of rotatable bonds is 6. The van der Waals surface area contributed by atoms with E-state index in [0.717, 1.165) is 0 Å². The average Bonchev–Trinajstić information content (AvgIpc) is 2.94. The van der Waals surface area contributed by atoms with Crippen LogP contribution in [0.3, 0.4) is 0 Å². The van der Waals surface area contributed by atoms with Gasteiger partial charge in [-0.1, -0.05) is 0 Å². The molecule has 0 atom stereocenters. The Morgan fingerprint density at radius 1 is 1.08 bits per heavy atom. The van der Waals surface area contributed by atoms with Crippen LogP contribution in [0.2, 0.25) is 0 Å². The van der Waals surface area contributed by atoms with E-state index < -0.39 is 11.6 Å². The number of hydrogen-bond donors (Lipinski definition) is 2. The fraction of sp³-hybridized carbons (Fsp3) is 0.167. The Labute approximate surface area is 141 Å². The maximum atomic E-state index is 12.8. The highest BCUT2D eigenvalue weighted by atomic mass is 19.1. The number of Topliss-reactive ketones (excluding diaryl/α,β-unsaturated/α-hetero) is 1. The van der Waals surface area contributed by atoms with Gasteiger partial charge in [0.2, 0.25) is 5.91 Å². The number of aromatic amines is 1. The van der Waals surface area contributed by atoms with Crippen LogP contribution in [0.15, 0.2) is 51.7 Å². The van der Waals surface area contributed by atoms with Gasteiger partial charge < -0.3 is 9.73 Å². The van der Waals surface area contributed by atoms with Crippen molar-refractivity contribution >= 4 is 28.5 Å². The normalized spacial score (nSPS) is 10.8. The van der Waals surface area contributed by atoms with Crippen LogP contribution in [-0.4, -0.2) is 16.7 Å². The fourth-order valence-corrected chi connectivity index (χ4v) is 2.44. The summed E-state index contributed by atoms with van der Waals surface area (Å²) in [6.07, 6.45) is 0.757. The minimum absolute atomic E-state index is 0.134. The van der Waals surface area contributed by atoms with Gasteiger partial charge in [-0.05, 0) is 48.9 Å². The highest BCUT2D eigenvalue weighted by molar-refractivity contribution is 5.97. The first-order valence-electron chi connectivity index (χ1n) is 7.73. The van der Waals surface area contributed by atoms with Gasteiger partial charge >= 0.3 is 5.76 Å². The molecule has 1 aromatic heterocycles. The third-order valence-corrected chi connectivity index (χ3v) is 3.68. The molecule has 0 saturated carbocycles. The van der Waals surface area contributed by atoms with Crippen LogP contribution in [-0.2, 0) is 4.79 Å². The van der Waals surface area contributed by atoms with E-state index >= 15 is 0 Å². The van der Waals surface area contributed by atoms with E-state index in [1.54, 1.807) is 18.2 Å². The Morgan fingerprint density at radius 3 is 2.60 bits per heavy atom. The van der Waals surface area contributed by atoms with Gasteiger partial charge in [0.05, 0.1) is 5.52 Å². The van der Waals surface area contributed by atoms with Gasteiger partial charge in [-0.2, -0.15) is 0 Å². The molecule has 0 bridgehead atoms. The smallest absolute Gasteiger partial charge is 0.408 e. The van der Waals surface area contributed by atoms with Crippen LogP contribution in [0.25, 0.3) is 11.1 Å². The van der Waals surface area contributed by atoms with E-state index in [1.165, 1.54) is 24.3 Å². The predicted octanol–water partition coefficient (Wildman–Crippen LogP) is 3.25. The van der Waals surface area contributed by atoms with Crippen molar-refractivity contribution in [3.05, 3.63) is 64.4 Å². The molecule has 6 nitrogen and oxygen atoms in total. The highest BCUT2D eigenvalue weighted by Crippen LogP contribution is 2.16. The van der Waals surface area contributed by atoms with E-state index in [1.807, 2.05) is 0 Å². The first kappa shape index (κ1) is 16.6. The van der Waals surface area contributed by atoms with Crippen molar-refractivity contribution in [2.45, 2.75) is 19.3 Å². The van der Waals surface area contributed by atoms with E-state index in [2.05, 4.69) is 10.3 Å². The first-order chi connectivity index (χ1) is 12.0. The lowest BCUT2D eigenvalue weighted by atomic mass is 10.1. The molecule has 7 heteroatoms. The zero-order valence-corrected chi connectivity index (χ0v) is 13.2. The Morgan fingerprint density at radius 2 is 1.84 bits per heavy atom. The molecule has 2 aromatic carbocycles. The van der Waals surface area contributed by atoms with Crippen LogP contribution < -0.4 is 11.1 Å². The van der Waals surface area contributed by atoms with Crippen molar-refractivity contribution in [1.29, 1.82) is 0 Å². The number of anilines is 1. The van der Waals surface area contributed by atoms with Gasteiger partial charge in [-0.25, -0.2) is 9.18 Å². The Balaban J connectivity index is 1.51. The highest BCUT2D eigenvalue weighted by Gasteiger charge is 2.09. The van der Waals surface area contributed by atoms with E-state index in [0.29, 0.717) is 28.8 Å². The van der Waals surface area contributed by atoms with E-state index in [9.17, 15) is 18.8 Å². The average molecular weight is 342 g/mol. The number of amides is 1. The molecule has 128 valence electrons. The lowest BCUT2D eigenvalue weighted by molar-refractivity contribution is -0.116. The molecule has 25 heavy (non-hydrogen) atoms. The van der Waals surface area contributed by atoms with Gasteiger partial charge in [0, 0.05) is 24.1 Å². The molecule has 0 aliphatic rings. The second-order valence-corrected chi connectivity index (χ2v) is 5.56. The Kier molecular flexibility index (Phi) is 4.74. The van der Waals surface area contributed by atoms with Crippen LogP contribution in [0.1, 0.15) is 29.6 Å². The molecule has 0 saturated heterocycles. The molecule has 3 rings (SSSR count). The topological polar surface area (TPSA) is 92.2 Å². The number of ketones is 1. The molecule has 0 spiro atoms. The van der Waals surface area contributed by atoms with E-state index in [4.69, 9.17) is 4.42 Å². The van der Waals surface area contributed by atoms with Crippen LogP contribution in [0.4, 0.5) is 10.1 Å². The zero-order valence-electron chi connectivity index (χ0n) is 13.2. The lowest BCUT2D eigenvalue weighted by Crippen LogP contribution is -2.12. The Hall–Kier alpha value is -3.22. The summed E-state index contributed by atoms with van der Waals surface area (Å²) in [4.78, 5) is 37.5. The van der Waals surface area contributed by atoms with Gasteiger partial charge in [-0.15, -0.1) is 0 Å². The number of aromatic nitrogens is 1. The van der Waals surface area contributed by atoms with Gasteiger partial charge in [0.1, 0.15) is 5.82 Å². The molecule has 0 fully saturated rings. The van der Waals surface area contributed by atoms with Gasteiger partial charge in [0.25, 0.3) is 0 Å². The molecule has 0 aliphatic heterocycles. The third-order valence-electron chi connectivity index (χ3n) is 3.68. The summed E-state index contributed by atoms with van der Waals surface area (Å²) >= 11 is 0. The summed E-state index contributed by atoms with van der Waals surface area (Å²) in [5.41, 5.74) is 1.86. The summed E-state index contributed by atoms with van der Waals surface area (Å²) in [7, 11) is 0. The molecule has 1 heterocycles. The standard InChI is InChI=1S/C18H15FN2O4/c19-12-6-4-11(5-7-12)15(22)2-1-3-17(23)20-13-8-9-16-14(10-13)21-18(24)25-16/h4-10H,1-3H2,(H,20,23)(H,21,24). The van der Waals surface area contributed by atoms with Crippen molar-refractivity contribution in [1.82, 2.24) is 4.98 Å². The second kappa shape index (κ2) is 7.12. The number of nitrogens with one attached hydrogen (secondary N) is 2. The SMILES string of the molecule is O=C(CCCC(=O)c1ccc(F)cc1)Nc1ccc2oc(=O)[nH]c2c1. The number of H-pyrrole nitrogens is 1. The predicted molar refractivity (Wildman–Crippen MR) is 90.0 cm³/mol. The van der Waals surface area contributed by atoms with Gasteiger partial charge in [-0.3, -0.25) is 14.6 Å². The summed E-state index contributed by atoms with van der Waals surface area (Å²) in [6.45, 7) is 0. The summed E-state index contributed by atoms with van der Waals surface area (Å²) < 4.78 is 17.7. The number of fused-ring (bicyclic) bond motifs is 1. The van der Waals surface area contributed by atoms with Crippen molar-refractivity contribution in [3.8, 4) is 0 Å². The molecule has 0 radical (unpaired) electrons. The number of carbonyl (C=O) groups excluding carboxylic acids is 2. The van der Waals surface area contributed by atoms with Gasteiger partial charge in [0.15, 0.2) is 11.4 Å². The molecule has 3 aromatic rings. The second-order valence-electron chi connectivity index (χ2n) is 5.56. The first-order valence-corrected chi connectivity index (χ1v) is 7.73. The third kappa shape index (κ3) is 4.20. The maximum Gasteiger partial charge on any atom is 0.417 e. The quantitative estimate of drug-likeness (QED) is 0.673. The molecule has 0 aliphatic carbocycles. The largest absolute Gasteiger partial charge is 0.417 e. The molecule has 1 amide bonds. The van der Waals surface area contributed by atoms with Crippen molar-refractivity contribution in [2.75, 3.05) is 5.32 Å². The van der Waals surface area contributed by atoms with Crippen LogP contribution >= 0.6 is 0 Å². The van der Waals surface area contributed by atoms with Crippen molar-refractivity contribution in [2.24, 2.45) is 0 Å². The van der Waals surface area contributed by atoms with Crippen LogP contribution in [0.5, 0.6) is 0 Å². The zero-order chi connectivity index (χ0) is 17.8. The number of halogens is 1. The monoisotopic (exact) mass is 342 g/mol. The minimum Gasteiger partial charge on any atom is -0.408 e. The summed E-state index contributed by atoms with van der Waals surface area (Å²) in [6, 6.07) is 10.1. The number of oxazole rings is 1. The van der Waals surface area contributed by atoms with Crippen molar-refractivity contribution in [3.63, 3.8) is 0 Å². The minimum atomic E-state index is -0.558. The van der Waals surface area contributed by atoms with Crippen LogP contribution in [0, 0.1) is 5.82 Å². The van der Waals surface area contributed by atoms with E-state index in [-0.39, 0.29) is 24.5 Å². The summed E-state index contributed by atoms with van der Waals surface area (Å²) in [5, 5.41) is 2.70. The number of hydrogen-bond acceptors (Lipinski definition) is 4. The maximum absolute atomic E-state index is 12.8. The fourth-order valence-electron chi connectivity index (χ4n) is 2.44. The lowest BCUT2D eigenvalue weighted by Gasteiger charge is -2.05. The molecule has 2 N–H and O–H groups in total. The molecule has 0 unspecified atom stereocenters. The number of carbonyl (C=O) groups is 2. The summed E-state index contributed by atoms with van der Waals surface area (Å²) in [5.74, 6) is -1.33.